The van der Waals surface area contributed by atoms with Gasteiger partial charge in [0.15, 0.2) is 0 Å². The van der Waals surface area contributed by atoms with E-state index in [0.29, 0.717) is 6.54 Å². The van der Waals surface area contributed by atoms with Crippen LogP contribution in [-0.2, 0) is 10.0 Å². The average Bonchev–Trinajstić information content (AvgIpc) is 3.02. The molecule has 0 aliphatic carbocycles. The van der Waals surface area contributed by atoms with E-state index in [1.54, 1.807) is 24.3 Å². The summed E-state index contributed by atoms with van der Waals surface area (Å²) in [5, 5.41) is 4.92. The molecule has 2 amide bonds. The van der Waals surface area contributed by atoms with Gasteiger partial charge in [-0.25, -0.2) is 12.7 Å². The molecule has 9 nitrogen and oxygen atoms in total. The lowest BCUT2D eigenvalue weighted by atomic mass is 10.1. The Morgan fingerprint density at radius 1 is 1.15 bits per heavy atom. The third kappa shape index (κ3) is 4.54. The fraction of sp³-hybridized carbons (Fsp3) is 0.294. The lowest BCUT2D eigenvalue weighted by Gasteiger charge is -2.10. The second-order valence-corrected chi connectivity index (χ2v) is 7.95. The fourth-order valence-electron chi connectivity index (χ4n) is 2.25. The molecule has 146 valence electrons. The van der Waals surface area contributed by atoms with Crippen molar-refractivity contribution in [1.29, 1.82) is 0 Å². The number of nitrogens with zero attached hydrogens (tertiary/aromatic N) is 1. The number of nitrogens with one attached hydrogen (secondary N) is 2. The number of hydrogen-bond donors (Lipinski definition) is 3. The smallest absolute Gasteiger partial charge is 0.275 e. The standard InChI is InChI=1S/C17H22N4O5S/c1-11-13(10-15(26-11)27(24,25)21(2)3)17(23)20-14-7-5-4-6-12(14)16(22)19-9-8-18/h4-7,10H,8-9,18H2,1-3H3,(H,19,22)(H,20,23). The van der Waals surface area contributed by atoms with Crippen molar-refractivity contribution >= 4 is 27.5 Å². The molecule has 0 saturated carbocycles. The predicted molar refractivity (Wildman–Crippen MR) is 100 cm³/mol. The second kappa shape index (κ2) is 8.33. The van der Waals surface area contributed by atoms with Crippen LogP contribution in [0.2, 0.25) is 0 Å². The summed E-state index contributed by atoms with van der Waals surface area (Å²) >= 11 is 0. The summed E-state index contributed by atoms with van der Waals surface area (Å²) < 4.78 is 30.6. The summed E-state index contributed by atoms with van der Waals surface area (Å²) in [5.74, 6) is -0.815. The molecule has 0 unspecified atom stereocenters. The second-order valence-electron chi connectivity index (χ2n) is 5.87. The molecule has 0 fully saturated rings. The molecule has 0 radical (unpaired) electrons. The molecule has 0 aliphatic rings. The summed E-state index contributed by atoms with van der Waals surface area (Å²) in [6, 6.07) is 7.63. The van der Waals surface area contributed by atoms with E-state index < -0.39 is 15.9 Å². The van der Waals surface area contributed by atoms with Crippen LogP contribution in [0.4, 0.5) is 5.69 Å². The normalized spacial score (nSPS) is 11.4. The zero-order valence-electron chi connectivity index (χ0n) is 15.3. The number of hydrogen-bond acceptors (Lipinski definition) is 6. The van der Waals surface area contributed by atoms with Gasteiger partial charge in [0, 0.05) is 33.3 Å². The number of anilines is 1. The van der Waals surface area contributed by atoms with Gasteiger partial charge in [-0.05, 0) is 19.1 Å². The molecule has 0 saturated heterocycles. The van der Waals surface area contributed by atoms with Crippen LogP contribution < -0.4 is 16.4 Å². The van der Waals surface area contributed by atoms with Crippen molar-refractivity contribution in [3.05, 3.63) is 47.2 Å². The Morgan fingerprint density at radius 3 is 2.44 bits per heavy atom. The third-order valence-corrected chi connectivity index (χ3v) is 5.40. The highest BCUT2D eigenvalue weighted by molar-refractivity contribution is 7.88. The Labute approximate surface area is 157 Å². The van der Waals surface area contributed by atoms with E-state index in [9.17, 15) is 18.0 Å². The Kier molecular flexibility index (Phi) is 6.37. The molecular formula is C17H22N4O5S. The highest BCUT2D eigenvalue weighted by Gasteiger charge is 2.26. The van der Waals surface area contributed by atoms with E-state index in [-0.39, 0.29) is 40.1 Å². The van der Waals surface area contributed by atoms with Gasteiger partial charge in [-0.15, -0.1) is 0 Å². The lowest BCUT2D eigenvalue weighted by molar-refractivity contribution is 0.0955. The summed E-state index contributed by atoms with van der Waals surface area (Å²) in [4.78, 5) is 24.8. The van der Waals surface area contributed by atoms with Crippen LogP contribution >= 0.6 is 0 Å². The number of benzene rings is 1. The molecule has 1 aromatic carbocycles. The van der Waals surface area contributed by atoms with Crippen molar-refractivity contribution in [1.82, 2.24) is 9.62 Å². The van der Waals surface area contributed by atoms with Crippen molar-refractivity contribution in [2.24, 2.45) is 5.73 Å². The van der Waals surface area contributed by atoms with Crippen molar-refractivity contribution in [2.75, 3.05) is 32.5 Å². The van der Waals surface area contributed by atoms with Crippen molar-refractivity contribution in [3.8, 4) is 0 Å². The van der Waals surface area contributed by atoms with Crippen LogP contribution in [0.25, 0.3) is 0 Å². The van der Waals surface area contributed by atoms with Gasteiger partial charge in [0.1, 0.15) is 5.76 Å². The van der Waals surface area contributed by atoms with E-state index in [2.05, 4.69) is 10.6 Å². The quantitative estimate of drug-likeness (QED) is 0.635. The van der Waals surface area contributed by atoms with E-state index in [1.165, 1.54) is 21.0 Å². The summed E-state index contributed by atoms with van der Waals surface area (Å²) in [6.07, 6.45) is 0. The van der Waals surface area contributed by atoms with Gasteiger partial charge in [0.25, 0.3) is 21.8 Å². The summed E-state index contributed by atoms with van der Waals surface area (Å²) in [7, 11) is -1.08. The molecule has 0 spiro atoms. The SMILES string of the molecule is Cc1oc(S(=O)(=O)N(C)C)cc1C(=O)Nc1ccccc1C(=O)NCCN. The number of amides is 2. The monoisotopic (exact) mass is 394 g/mol. The van der Waals surface area contributed by atoms with Gasteiger partial charge in [-0.2, -0.15) is 0 Å². The molecule has 1 heterocycles. The number of carbonyl (C=O) groups is 2. The van der Waals surface area contributed by atoms with E-state index in [4.69, 9.17) is 10.2 Å². The summed E-state index contributed by atoms with van der Waals surface area (Å²) in [5.41, 5.74) is 5.99. The Bertz CT molecular complexity index is 950. The van der Waals surface area contributed by atoms with Gasteiger partial charge in [0.2, 0.25) is 5.09 Å². The average molecular weight is 394 g/mol. The first-order valence-corrected chi connectivity index (χ1v) is 9.54. The number of rotatable bonds is 7. The van der Waals surface area contributed by atoms with Crippen molar-refractivity contribution in [3.63, 3.8) is 0 Å². The largest absolute Gasteiger partial charge is 0.448 e. The molecule has 2 rings (SSSR count). The minimum atomic E-state index is -3.81. The fourth-order valence-corrected chi connectivity index (χ4v) is 3.10. The Hall–Kier alpha value is -2.69. The topological polar surface area (TPSA) is 135 Å². The third-order valence-electron chi connectivity index (χ3n) is 3.72. The predicted octanol–water partition coefficient (Wildman–Crippen LogP) is 0.779. The van der Waals surface area contributed by atoms with Gasteiger partial charge in [0.05, 0.1) is 16.8 Å². The van der Waals surface area contributed by atoms with Crippen LogP contribution in [0, 0.1) is 6.92 Å². The van der Waals surface area contributed by atoms with Gasteiger partial charge in [-0.1, -0.05) is 12.1 Å². The maximum absolute atomic E-state index is 12.6. The molecular weight excluding hydrogens is 372 g/mol. The molecule has 0 aliphatic heterocycles. The molecule has 27 heavy (non-hydrogen) atoms. The molecule has 1 aromatic heterocycles. The number of nitrogens with two attached hydrogens (primary N) is 1. The van der Waals surface area contributed by atoms with Crippen molar-refractivity contribution in [2.45, 2.75) is 12.0 Å². The highest BCUT2D eigenvalue weighted by atomic mass is 32.2. The first-order chi connectivity index (χ1) is 12.7. The zero-order valence-corrected chi connectivity index (χ0v) is 16.1. The first-order valence-electron chi connectivity index (χ1n) is 8.10. The molecule has 10 heteroatoms. The number of furan rings is 1. The maximum Gasteiger partial charge on any atom is 0.275 e. The lowest BCUT2D eigenvalue weighted by Crippen LogP contribution is -2.30. The van der Waals surface area contributed by atoms with Gasteiger partial charge < -0.3 is 20.8 Å². The minimum absolute atomic E-state index is 0.0626. The number of para-hydroxylation sites is 1. The minimum Gasteiger partial charge on any atom is -0.448 e. The zero-order chi connectivity index (χ0) is 20.2. The highest BCUT2D eigenvalue weighted by Crippen LogP contribution is 2.23. The number of carbonyl (C=O) groups excluding carboxylic acids is 2. The van der Waals surface area contributed by atoms with Crippen molar-refractivity contribution < 1.29 is 22.4 Å². The van der Waals surface area contributed by atoms with Crippen LogP contribution in [0.15, 0.2) is 39.8 Å². The molecule has 0 bridgehead atoms. The first kappa shape index (κ1) is 20.6. The van der Waals surface area contributed by atoms with Crippen LogP contribution in [0.1, 0.15) is 26.5 Å². The summed E-state index contributed by atoms with van der Waals surface area (Å²) in [6.45, 7) is 2.08. The van der Waals surface area contributed by atoms with E-state index >= 15 is 0 Å². The van der Waals surface area contributed by atoms with Crippen LogP contribution in [-0.4, -0.2) is 51.7 Å². The van der Waals surface area contributed by atoms with E-state index in [1.807, 2.05) is 0 Å². The Balaban J connectivity index is 2.29. The number of sulfonamides is 1. The van der Waals surface area contributed by atoms with Crippen LogP contribution in [0.5, 0.6) is 0 Å². The van der Waals surface area contributed by atoms with Crippen LogP contribution in [0.3, 0.4) is 0 Å². The molecule has 2 aromatic rings. The number of aryl methyl sites for hydroxylation is 1. The maximum atomic E-state index is 12.6. The molecule has 0 atom stereocenters. The Morgan fingerprint density at radius 2 is 1.81 bits per heavy atom. The molecule has 4 N–H and O–H groups in total. The van der Waals surface area contributed by atoms with Gasteiger partial charge >= 0.3 is 0 Å². The van der Waals surface area contributed by atoms with E-state index in [0.717, 1.165) is 10.4 Å². The van der Waals surface area contributed by atoms with Gasteiger partial charge in [-0.3, -0.25) is 9.59 Å².